The molecule has 0 saturated carbocycles. The van der Waals surface area contributed by atoms with Gasteiger partial charge in [-0.3, -0.25) is 14.9 Å². The molecule has 0 heterocycles. The summed E-state index contributed by atoms with van der Waals surface area (Å²) in [7, 11) is 1.37. The number of carbonyl (C=O) groups excluding carboxylic acids is 1. The molecule has 0 aliphatic heterocycles. The maximum absolute atomic E-state index is 10.8. The van der Waals surface area contributed by atoms with Crippen LogP contribution in [-0.4, -0.2) is 35.8 Å². The van der Waals surface area contributed by atoms with Gasteiger partial charge in [0, 0.05) is 11.3 Å². The minimum Gasteiger partial charge on any atom is -0.469 e. The summed E-state index contributed by atoms with van der Waals surface area (Å²) in [5.41, 5.74) is 0. The molecule has 0 amide bonds. The molecule has 1 unspecified atom stereocenters. The van der Waals surface area contributed by atoms with E-state index in [4.69, 9.17) is 0 Å². The Balaban J connectivity index is 3.23. The molecule has 6 heteroatoms. The Morgan fingerprint density at radius 3 is 2.47 bits per heavy atom. The summed E-state index contributed by atoms with van der Waals surface area (Å²) < 4.78 is 4.51. The lowest BCUT2D eigenvalue weighted by atomic mass is 10.1. The minimum absolute atomic E-state index is 0.189. The second kappa shape index (κ2) is 10.0. The largest absolute Gasteiger partial charge is 0.469 e. The molecule has 1 N–H and O–H groups in total. The van der Waals surface area contributed by atoms with Gasteiger partial charge in [-0.2, -0.15) is 0 Å². The Kier molecular flexibility index (Phi) is 9.33. The van der Waals surface area contributed by atoms with Crippen molar-refractivity contribution < 1.29 is 19.6 Å². The topological polar surface area (TPSA) is 89.7 Å². The molecule has 0 saturated heterocycles. The maximum Gasteiger partial charge on any atom is 0.305 e. The van der Waals surface area contributed by atoms with Crippen molar-refractivity contribution in [1.29, 1.82) is 0 Å². The van der Waals surface area contributed by atoms with Gasteiger partial charge in [-0.25, -0.2) is 0 Å². The molecular weight excluding hydrogens is 226 g/mol. The summed E-state index contributed by atoms with van der Waals surface area (Å²) in [4.78, 5) is 20.4. The fourth-order valence-corrected chi connectivity index (χ4v) is 1.55. The molecule has 0 rings (SSSR count). The highest BCUT2D eigenvalue weighted by Crippen LogP contribution is 2.09. The number of aliphatic hydroxyl groups is 1. The Labute approximate surface area is 101 Å². The monoisotopic (exact) mass is 247 g/mol. The average molecular weight is 247 g/mol. The quantitative estimate of drug-likeness (QED) is 0.273. The van der Waals surface area contributed by atoms with Gasteiger partial charge in [-0.05, 0) is 12.8 Å². The lowest BCUT2D eigenvalue weighted by Gasteiger charge is -2.05. The summed E-state index contributed by atoms with van der Waals surface area (Å²) in [6.45, 7) is -0.373. The van der Waals surface area contributed by atoms with E-state index in [0.717, 1.165) is 32.1 Å². The first-order chi connectivity index (χ1) is 8.06. The zero-order valence-electron chi connectivity index (χ0n) is 10.3. The van der Waals surface area contributed by atoms with Crippen molar-refractivity contribution in [3.05, 3.63) is 10.1 Å². The first kappa shape index (κ1) is 15.8. The molecule has 0 fully saturated rings. The van der Waals surface area contributed by atoms with Crippen molar-refractivity contribution in [2.45, 2.75) is 51.0 Å². The summed E-state index contributed by atoms with van der Waals surface area (Å²) in [5.74, 6) is -0.189. The number of hydrogen-bond donors (Lipinski definition) is 1. The van der Waals surface area contributed by atoms with Gasteiger partial charge >= 0.3 is 5.97 Å². The van der Waals surface area contributed by atoms with E-state index in [1.54, 1.807) is 0 Å². The predicted octanol–water partition coefficient (Wildman–Crippen LogP) is 1.53. The van der Waals surface area contributed by atoms with Crippen LogP contribution in [-0.2, 0) is 9.53 Å². The van der Waals surface area contributed by atoms with Crippen LogP contribution in [0.1, 0.15) is 44.9 Å². The zero-order chi connectivity index (χ0) is 13.1. The molecule has 0 spiro atoms. The fraction of sp³-hybridized carbons (Fsp3) is 0.909. The molecule has 0 radical (unpaired) electrons. The van der Waals surface area contributed by atoms with E-state index in [1.807, 2.05) is 0 Å². The number of ether oxygens (including phenoxy) is 1. The number of carbonyl (C=O) groups is 1. The van der Waals surface area contributed by atoms with Gasteiger partial charge in [0.05, 0.1) is 7.11 Å². The van der Waals surface area contributed by atoms with Crippen molar-refractivity contribution in [1.82, 2.24) is 0 Å². The standard InChI is InChI=1S/C11H21NO5/c1-17-11(14)8-6-4-2-3-5-7-10(13)9-12(15)16/h10,13H,2-9H2,1H3. The predicted molar refractivity (Wildman–Crippen MR) is 62.2 cm³/mol. The van der Waals surface area contributed by atoms with Gasteiger partial charge in [0.15, 0.2) is 0 Å². The van der Waals surface area contributed by atoms with Gasteiger partial charge in [-0.1, -0.05) is 25.7 Å². The van der Waals surface area contributed by atoms with Crippen LogP contribution in [0, 0.1) is 10.1 Å². The van der Waals surface area contributed by atoms with Crippen LogP contribution >= 0.6 is 0 Å². The number of esters is 1. The average Bonchev–Trinajstić information content (AvgIpc) is 2.26. The number of methoxy groups -OCH3 is 1. The summed E-state index contributed by atoms with van der Waals surface area (Å²) >= 11 is 0. The number of hydrogen-bond acceptors (Lipinski definition) is 5. The van der Waals surface area contributed by atoms with Crippen LogP contribution in [0.15, 0.2) is 0 Å². The molecule has 0 aliphatic carbocycles. The van der Waals surface area contributed by atoms with Crippen LogP contribution in [0.3, 0.4) is 0 Å². The highest BCUT2D eigenvalue weighted by atomic mass is 16.6. The number of unbranched alkanes of at least 4 members (excludes halogenated alkanes) is 4. The number of nitrogens with zero attached hydrogens (tertiary/aromatic N) is 1. The first-order valence-corrected chi connectivity index (χ1v) is 5.93. The van der Waals surface area contributed by atoms with Crippen molar-refractivity contribution in [2.24, 2.45) is 0 Å². The highest BCUT2D eigenvalue weighted by Gasteiger charge is 2.10. The Morgan fingerprint density at radius 1 is 1.29 bits per heavy atom. The van der Waals surface area contributed by atoms with Crippen molar-refractivity contribution in [3.63, 3.8) is 0 Å². The zero-order valence-corrected chi connectivity index (χ0v) is 10.3. The van der Waals surface area contributed by atoms with Crippen LogP contribution in [0.25, 0.3) is 0 Å². The number of nitro groups is 1. The van der Waals surface area contributed by atoms with Crippen LogP contribution < -0.4 is 0 Å². The third-order valence-electron chi connectivity index (χ3n) is 2.51. The van der Waals surface area contributed by atoms with E-state index in [2.05, 4.69) is 4.74 Å². The third kappa shape index (κ3) is 11.1. The molecule has 100 valence electrons. The van der Waals surface area contributed by atoms with Crippen molar-refractivity contribution >= 4 is 5.97 Å². The Bertz CT molecular complexity index is 232. The van der Waals surface area contributed by atoms with Crippen LogP contribution in [0.5, 0.6) is 0 Å². The summed E-state index contributed by atoms with van der Waals surface area (Å²) in [6, 6.07) is 0. The molecule has 1 atom stereocenters. The number of aliphatic hydroxyl groups excluding tert-OH is 1. The van der Waals surface area contributed by atoms with Gasteiger partial charge in [-0.15, -0.1) is 0 Å². The van der Waals surface area contributed by atoms with Crippen LogP contribution in [0.4, 0.5) is 0 Å². The fourth-order valence-electron chi connectivity index (χ4n) is 1.55. The highest BCUT2D eigenvalue weighted by molar-refractivity contribution is 5.68. The molecular formula is C11H21NO5. The van der Waals surface area contributed by atoms with Crippen molar-refractivity contribution in [3.8, 4) is 0 Å². The molecule has 0 aromatic heterocycles. The summed E-state index contributed by atoms with van der Waals surface area (Å²) in [5, 5.41) is 19.3. The second-order valence-corrected chi connectivity index (χ2v) is 4.05. The lowest BCUT2D eigenvalue weighted by Crippen LogP contribution is -2.18. The third-order valence-corrected chi connectivity index (χ3v) is 2.51. The van der Waals surface area contributed by atoms with E-state index in [1.165, 1.54) is 7.11 Å². The van der Waals surface area contributed by atoms with E-state index in [-0.39, 0.29) is 12.5 Å². The van der Waals surface area contributed by atoms with Crippen molar-refractivity contribution in [2.75, 3.05) is 13.7 Å². The normalized spacial score (nSPS) is 12.1. The Hall–Kier alpha value is -1.17. The maximum atomic E-state index is 10.8. The molecule has 0 bridgehead atoms. The van der Waals surface area contributed by atoms with Crippen LogP contribution in [0.2, 0.25) is 0 Å². The molecule has 0 aromatic rings. The Morgan fingerprint density at radius 2 is 1.88 bits per heavy atom. The molecule has 6 nitrogen and oxygen atoms in total. The van der Waals surface area contributed by atoms with E-state index in [0.29, 0.717) is 12.8 Å². The lowest BCUT2D eigenvalue weighted by molar-refractivity contribution is -0.490. The summed E-state index contributed by atoms with van der Waals surface area (Å²) in [6.07, 6.45) is 4.52. The molecule has 17 heavy (non-hydrogen) atoms. The van der Waals surface area contributed by atoms with E-state index < -0.39 is 11.0 Å². The van der Waals surface area contributed by atoms with E-state index in [9.17, 15) is 20.0 Å². The minimum atomic E-state index is -0.833. The van der Waals surface area contributed by atoms with Gasteiger partial charge in [0.1, 0.15) is 6.10 Å². The second-order valence-electron chi connectivity index (χ2n) is 4.05. The SMILES string of the molecule is COC(=O)CCCCCCCC(O)C[N+](=O)[O-]. The molecule has 0 aliphatic rings. The molecule has 0 aromatic carbocycles. The first-order valence-electron chi connectivity index (χ1n) is 5.93. The van der Waals surface area contributed by atoms with Gasteiger partial charge in [0.25, 0.3) is 0 Å². The smallest absolute Gasteiger partial charge is 0.305 e. The van der Waals surface area contributed by atoms with E-state index >= 15 is 0 Å². The number of rotatable bonds is 10. The van der Waals surface area contributed by atoms with Gasteiger partial charge in [0.2, 0.25) is 6.54 Å². The van der Waals surface area contributed by atoms with Gasteiger partial charge < -0.3 is 9.84 Å².